The molecule has 1 aromatic rings. The van der Waals surface area contributed by atoms with E-state index in [9.17, 15) is 58.7 Å². The molecule has 1 aromatic carbocycles. The van der Waals surface area contributed by atoms with Crippen LogP contribution in [-0.4, -0.2) is 182 Å². The minimum Gasteiger partial charge on any atom is -0.756 e. The molecule has 1 radical (unpaired) electrons. The molecule has 1 aliphatic rings. The summed E-state index contributed by atoms with van der Waals surface area (Å²) < 4.78 is 39.9. The SMILES string of the molecule is CCCCCCCCCCCCCCCC(=O)OCC(COP(=O)([O-])OCCNC(=S)Nc1ccc(OC)c(C(C(=O)O)N2CCN(CC(=O)[O-])CCN(CC(=O)[O-])CCN(CC(=O)O)CC2)c1)OC(=O)CCCCCCCCCCCCCCC.[Gd+3]. The van der Waals surface area contributed by atoms with Crippen molar-refractivity contribution in [3.8, 4) is 5.75 Å². The Bertz CT molecular complexity index is 2110. The van der Waals surface area contributed by atoms with Crippen LogP contribution in [0.1, 0.15) is 205 Å². The van der Waals surface area contributed by atoms with Crippen molar-refractivity contribution in [3.63, 3.8) is 0 Å². The number of nitrogens with zero attached hydrogens (tertiary/aromatic N) is 4. The van der Waals surface area contributed by atoms with Gasteiger partial charge in [-0.3, -0.25) is 43.3 Å². The second kappa shape index (κ2) is 51.4. The topological polar surface area (TPSA) is 312 Å². The number of phosphoric ester groups is 1. The summed E-state index contributed by atoms with van der Waals surface area (Å²) in [6.07, 6.45) is 29.0. The van der Waals surface area contributed by atoms with Crippen molar-refractivity contribution in [1.82, 2.24) is 24.9 Å². The fraction of sp³-hybridized carbons (Fsp3) is 0.787. The predicted octanol–water partition coefficient (Wildman–Crippen LogP) is 6.83. The minimum atomic E-state index is -5.01. The Kier molecular flexibility index (Phi) is 48.4. The Morgan fingerprint density at radius 2 is 1.03 bits per heavy atom. The van der Waals surface area contributed by atoms with Crippen LogP contribution >= 0.6 is 20.0 Å². The fourth-order valence-electron chi connectivity index (χ4n) is 10.3. The summed E-state index contributed by atoms with van der Waals surface area (Å²) in [6, 6.07) is 3.15. The fourth-order valence-corrected chi connectivity index (χ4v) is 11.2. The van der Waals surface area contributed by atoms with Crippen LogP contribution in [0, 0.1) is 39.9 Å². The van der Waals surface area contributed by atoms with E-state index in [4.69, 9.17) is 35.5 Å². The van der Waals surface area contributed by atoms with E-state index in [0.29, 0.717) is 18.5 Å². The maximum Gasteiger partial charge on any atom is 3.00 e. The number of hydrogen-bond acceptors (Lipinski definition) is 20. The van der Waals surface area contributed by atoms with Crippen molar-refractivity contribution in [3.05, 3.63) is 23.8 Å². The zero-order valence-corrected chi connectivity index (χ0v) is 56.3. The molecule has 1 heterocycles. The molecule has 2 rings (SSSR count). The predicted molar refractivity (Wildman–Crippen MR) is 327 cm³/mol. The molecule has 3 atom stereocenters. The second-order valence-corrected chi connectivity index (χ2v) is 24.3. The van der Waals surface area contributed by atoms with Gasteiger partial charge in [0.2, 0.25) is 0 Å². The van der Waals surface area contributed by atoms with E-state index in [0.717, 1.165) is 44.9 Å². The van der Waals surface area contributed by atoms with E-state index in [-0.39, 0.29) is 128 Å². The van der Waals surface area contributed by atoms with Crippen molar-refractivity contribution in [2.24, 2.45) is 0 Å². The summed E-state index contributed by atoms with van der Waals surface area (Å²) in [7, 11) is -3.65. The summed E-state index contributed by atoms with van der Waals surface area (Å²) in [6.45, 7) is 1.74. The number of ether oxygens (including phenoxy) is 3. The van der Waals surface area contributed by atoms with E-state index in [1.807, 2.05) is 0 Å². The molecule has 0 saturated carbocycles. The number of phosphoric acid groups is 1. The molecule has 0 bridgehead atoms. The van der Waals surface area contributed by atoms with Crippen LogP contribution in [0.5, 0.6) is 5.75 Å². The number of methoxy groups -OCH3 is 1. The number of carboxylic acid groups (broad SMARTS) is 4. The largest absolute Gasteiger partial charge is 3.00 e. The molecular weight excluding hydrogens is 1310 g/mol. The molecule has 0 amide bonds. The van der Waals surface area contributed by atoms with Crippen molar-refractivity contribution >= 4 is 66.7 Å². The third-order valence-electron chi connectivity index (χ3n) is 15.1. The van der Waals surface area contributed by atoms with E-state index < -0.39 is 95.2 Å². The molecule has 1 aliphatic heterocycles. The number of anilines is 1. The summed E-state index contributed by atoms with van der Waals surface area (Å²) in [5, 5.41) is 49.5. The monoisotopic (exact) mass is 1410 g/mol. The minimum absolute atomic E-state index is 0. The zero-order valence-electron chi connectivity index (χ0n) is 52.3. The summed E-state index contributed by atoms with van der Waals surface area (Å²) in [5.41, 5.74) is 0.466. The summed E-state index contributed by atoms with van der Waals surface area (Å²) in [4.78, 5) is 93.3. The number of carboxylic acids is 4. The van der Waals surface area contributed by atoms with Gasteiger partial charge in [0.1, 0.15) is 18.4 Å². The first-order chi connectivity index (χ1) is 41.4. The number of aliphatic carboxylic acids is 4. The molecule has 23 nitrogen and oxygen atoms in total. The van der Waals surface area contributed by atoms with Gasteiger partial charge in [0.25, 0.3) is 7.82 Å². The van der Waals surface area contributed by atoms with Crippen LogP contribution in [0.3, 0.4) is 0 Å². The molecule has 0 aromatic heterocycles. The second-order valence-electron chi connectivity index (χ2n) is 22.4. The Morgan fingerprint density at radius 1 is 0.609 bits per heavy atom. The van der Waals surface area contributed by atoms with Crippen molar-refractivity contribution in [2.75, 3.05) is 111 Å². The van der Waals surface area contributed by atoms with Crippen molar-refractivity contribution in [1.29, 1.82) is 0 Å². The van der Waals surface area contributed by atoms with Crippen LogP contribution in [0.2, 0.25) is 0 Å². The Balaban J connectivity index is 0.0000378. The molecule has 3 unspecified atom stereocenters. The van der Waals surface area contributed by atoms with E-state index >= 15 is 0 Å². The van der Waals surface area contributed by atoms with Gasteiger partial charge in [0.05, 0.1) is 38.8 Å². The van der Waals surface area contributed by atoms with Gasteiger partial charge in [-0.25, -0.2) is 0 Å². The third-order valence-corrected chi connectivity index (χ3v) is 16.3. The smallest absolute Gasteiger partial charge is 0.756 e. The molecular formula is C61H104GdN6O17PS. The molecule has 0 aliphatic carbocycles. The van der Waals surface area contributed by atoms with E-state index in [1.165, 1.54) is 138 Å². The van der Waals surface area contributed by atoms with Crippen LogP contribution in [0.25, 0.3) is 0 Å². The number of benzene rings is 1. The van der Waals surface area contributed by atoms with Crippen LogP contribution in [0.15, 0.2) is 18.2 Å². The molecule has 1 fully saturated rings. The first-order valence-corrected chi connectivity index (χ1v) is 33.7. The Hall–Kier alpha value is -3.20. The van der Waals surface area contributed by atoms with Gasteiger partial charge in [0.15, 0.2) is 11.2 Å². The van der Waals surface area contributed by atoms with E-state index in [1.54, 1.807) is 15.9 Å². The number of unbranched alkanes of at least 4 members (excludes halogenated alkanes) is 24. The molecule has 87 heavy (non-hydrogen) atoms. The number of hydrogen-bond donors (Lipinski definition) is 4. The van der Waals surface area contributed by atoms with Gasteiger partial charge in [0, 0.05) is 96.1 Å². The average molecular weight is 1410 g/mol. The molecule has 26 heteroatoms. The van der Waals surface area contributed by atoms with Crippen LogP contribution in [0.4, 0.5) is 5.69 Å². The third kappa shape index (κ3) is 42.5. The summed E-state index contributed by atoms with van der Waals surface area (Å²) in [5.74, 6) is -6.08. The van der Waals surface area contributed by atoms with Crippen LogP contribution in [-0.2, 0) is 51.9 Å². The van der Waals surface area contributed by atoms with Gasteiger partial charge < -0.3 is 68.8 Å². The number of nitrogens with one attached hydrogen (secondary N) is 2. The number of carbonyl (C=O) groups excluding carboxylic acids is 4. The molecule has 0 spiro atoms. The number of carbonyl (C=O) groups is 6. The Morgan fingerprint density at radius 3 is 1.46 bits per heavy atom. The standard InChI is InChI=1S/C61H107N6O17PS.Gd/c1-4-6-8-10-12-14-16-18-20-22-24-26-28-30-57(74)81-48-51(84-58(75)31-29-27-25-23-21-19-17-15-13-11-9-7-5-2)49-83-85(78,79)82-43-34-62-61(86)63-50-32-33-53(80-3)52(44-50)59(60(76)77)67-41-39-65(46-55(70)71)37-35-64(45-54(68)69)36-38-66(40-42-67)47-56(72)73;/h32-33,44,51,59H,4-31,34-43,45-49H2,1-3H3,(H,68,69)(H,70,71)(H,72,73)(H,76,77)(H,78,79)(H2,62,63,86);/q;+3/p-3. The first-order valence-electron chi connectivity index (χ1n) is 31.8. The number of thiocarbonyl (C=S) groups is 1. The maximum atomic E-state index is 13.3. The summed E-state index contributed by atoms with van der Waals surface area (Å²) >= 11 is 5.48. The molecule has 499 valence electrons. The maximum absolute atomic E-state index is 13.3. The van der Waals surface area contributed by atoms with Gasteiger partial charge in [-0.2, -0.15) is 0 Å². The van der Waals surface area contributed by atoms with Crippen molar-refractivity contribution in [2.45, 2.75) is 206 Å². The number of esters is 2. The van der Waals surface area contributed by atoms with Crippen molar-refractivity contribution < 1.29 is 122 Å². The average Bonchev–Trinajstić information content (AvgIpc) is 2.97. The zero-order chi connectivity index (χ0) is 63.2. The van der Waals surface area contributed by atoms with Gasteiger partial charge in [-0.05, 0) is 43.3 Å². The van der Waals surface area contributed by atoms with E-state index in [2.05, 4.69) is 24.5 Å². The van der Waals surface area contributed by atoms with Gasteiger partial charge >= 0.3 is 63.8 Å². The molecule has 1 saturated heterocycles. The Labute approximate surface area is 555 Å². The normalized spacial score (nSPS) is 15.4. The molecule has 4 N–H and O–H groups in total. The van der Waals surface area contributed by atoms with Gasteiger partial charge in [-0.15, -0.1) is 0 Å². The number of rotatable bonds is 49. The van der Waals surface area contributed by atoms with Crippen LogP contribution < -0.4 is 30.5 Å². The quantitative estimate of drug-likeness (QED) is 0.0225. The van der Waals surface area contributed by atoms with Gasteiger partial charge in [-0.1, -0.05) is 168 Å². The first kappa shape index (κ1) is 81.8.